The molecular weight excluding hydrogens is 272 g/mol. The predicted octanol–water partition coefficient (Wildman–Crippen LogP) is 0.308. The molecule has 0 aromatic carbocycles. The summed E-state index contributed by atoms with van der Waals surface area (Å²) in [5.41, 5.74) is 0.599. The minimum Gasteiger partial charge on any atom is -0.481 e. The molecule has 0 spiro atoms. The lowest BCUT2D eigenvalue weighted by Crippen LogP contribution is -2.29. The van der Waals surface area contributed by atoms with Gasteiger partial charge >= 0.3 is 0 Å². The first-order valence-electron chi connectivity index (χ1n) is 6.78. The maximum Gasteiger partial charge on any atom is 0.254 e. The first-order valence-corrected chi connectivity index (χ1v) is 6.78. The summed E-state index contributed by atoms with van der Waals surface area (Å²) >= 11 is 0. The molecule has 2 aromatic heterocycles. The topological polar surface area (TPSA) is 96.9 Å². The van der Waals surface area contributed by atoms with E-state index in [0.29, 0.717) is 29.7 Å². The van der Waals surface area contributed by atoms with Gasteiger partial charge in [-0.2, -0.15) is 5.21 Å². The lowest BCUT2D eigenvalue weighted by Gasteiger charge is -2.16. The summed E-state index contributed by atoms with van der Waals surface area (Å²) in [5, 5.41) is 13.9. The Labute approximate surface area is 121 Å². The minimum absolute atomic E-state index is 0.00584. The molecule has 21 heavy (non-hydrogen) atoms. The second kappa shape index (κ2) is 5.86. The van der Waals surface area contributed by atoms with E-state index >= 15 is 0 Å². The van der Waals surface area contributed by atoms with Crippen molar-refractivity contribution in [3.05, 3.63) is 29.7 Å². The molecule has 0 aliphatic carbocycles. The SMILES string of the molecule is COc1cc(C(=O)N2CCC(Cc3nn[nH]n3)C2)ccn1. The molecule has 3 rings (SSSR count). The average Bonchev–Trinajstić information content (AvgIpc) is 3.19. The number of hydrogen-bond acceptors (Lipinski definition) is 6. The van der Waals surface area contributed by atoms with Gasteiger partial charge in [0, 0.05) is 37.3 Å². The number of nitrogens with one attached hydrogen (secondary N) is 1. The van der Waals surface area contributed by atoms with E-state index in [4.69, 9.17) is 4.74 Å². The van der Waals surface area contributed by atoms with Crippen LogP contribution in [0.3, 0.4) is 0 Å². The molecule has 1 atom stereocenters. The second-order valence-corrected chi connectivity index (χ2v) is 5.02. The smallest absolute Gasteiger partial charge is 0.254 e. The van der Waals surface area contributed by atoms with Gasteiger partial charge in [0.1, 0.15) is 0 Å². The van der Waals surface area contributed by atoms with Crippen molar-refractivity contribution < 1.29 is 9.53 Å². The van der Waals surface area contributed by atoms with Gasteiger partial charge < -0.3 is 9.64 Å². The van der Waals surface area contributed by atoms with Crippen LogP contribution in [0.1, 0.15) is 22.6 Å². The quantitative estimate of drug-likeness (QED) is 0.869. The Balaban J connectivity index is 1.63. The van der Waals surface area contributed by atoms with Crippen LogP contribution >= 0.6 is 0 Å². The van der Waals surface area contributed by atoms with Crippen molar-refractivity contribution in [3.8, 4) is 5.88 Å². The lowest BCUT2D eigenvalue weighted by molar-refractivity contribution is 0.0786. The van der Waals surface area contributed by atoms with Crippen LogP contribution in [0.15, 0.2) is 18.3 Å². The van der Waals surface area contributed by atoms with Crippen LogP contribution in [0.25, 0.3) is 0 Å². The normalized spacial score (nSPS) is 18.0. The van der Waals surface area contributed by atoms with Gasteiger partial charge in [0.2, 0.25) is 5.88 Å². The molecule has 1 N–H and O–H groups in total. The number of ether oxygens (including phenoxy) is 1. The molecule has 1 unspecified atom stereocenters. The molecule has 3 heterocycles. The van der Waals surface area contributed by atoms with E-state index < -0.39 is 0 Å². The van der Waals surface area contributed by atoms with Crippen molar-refractivity contribution in [1.29, 1.82) is 0 Å². The molecule has 8 heteroatoms. The average molecular weight is 288 g/mol. The molecule has 0 bridgehead atoms. The Kier molecular flexibility index (Phi) is 3.76. The first-order chi connectivity index (χ1) is 10.3. The molecular formula is C13H16N6O2. The van der Waals surface area contributed by atoms with Gasteiger partial charge in [0.25, 0.3) is 5.91 Å². The zero-order chi connectivity index (χ0) is 14.7. The summed E-state index contributed by atoms with van der Waals surface area (Å²) < 4.78 is 5.05. The van der Waals surface area contributed by atoms with Crippen LogP contribution in [-0.2, 0) is 6.42 Å². The summed E-state index contributed by atoms with van der Waals surface area (Å²) in [6.07, 6.45) is 3.27. The van der Waals surface area contributed by atoms with Gasteiger partial charge in [-0.25, -0.2) is 4.98 Å². The van der Waals surface area contributed by atoms with E-state index in [-0.39, 0.29) is 5.91 Å². The number of rotatable bonds is 4. The van der Waals surface area contributed by atoms with Crippen LogP contribution in [0.5, 0.6) is 5.88 Å². The van der Waals surface area contributed by atoms with E-state index in [1.807, 2.05) is 4.90 Å². The standard InChI is InChI=1S/C13H16N6O2/c1-21-12-7-10(2-4-14-12)13(20)19-5-3-9(8-19)6-11-15-17-18-16-11/h2,4,7,9H,3,5-6,8H2,1H3,(H,15,16,17,18). The number of H-pyrrole nitrogens is 1. The van der Waals surface area contributed by atoms with Gasteiger partial charge in [-0.3, -0.25) is 4.79 Å². The largest absolute Gasteiger partial charge is 0.481 e. The van der Waals surface area contributed by atoms with Crippen molar-refractivity contribution in [2.75, 3.05) is 20.2 Å². The van der Waals surface area contributed by atoms with Crippen molar-refractivity contribution in [3.63, 3.8) is 0 Å². The third kappa shape index (κ3) is 2.99. The number of amides is 1. The number of carbonyl (C=O) groups excluding carboxylic acids is 1. The molecule has 1 amide bonds. The summed E-state index contributed by atoms with van der Waals surface area (Å²) in [4.78, 5) is 18.3. The highest BCUT2D eigenvalue weighted by Crippen LogP contribution is 2.21. The molecule has 1 aliphatic rings. The maximum atomic E-state index is 12.5. The first kappa shape index (κ1) is 13.5. The van der Waals surface area contributed by atoms with Crippen LogP contribution in [0, 0.1) is 5.92 Å². The maximum absolute atomic E-state index is 12.5. The number of carbonyl (C=O) groups is 1. The number of nitrogens with zero attached hydrogens (tertiary/aromatic N) is 5. The molecule has 2 aromatic rings. The van der Waals surface area contributed by atoms with Crippen molar-refractivity contribution in [1.82, 2.24) is 30.5 Å². The highest BCUT2D eigenvalue weighted by atomic mass is 16.5. The number of aromatic nitrogens is 5. The fraction of sp³-hybridized carbons (Fsp3) is 0.462. The van der Waals surface area contributed by atoms with E-state index in [1.165, 1.54) is 7.11 Å². The highest BCUT2D eigenvalue weighted by Gasteiger charge is 2.28. The second-order valence-electron chi connectivity index (χ2n) is 5.02. The molecule has 8 nitrogen and oxygen atoms in total. The fourth-order valence-electron chi connectivity index (χ4n) is 2.55. The predicted molar refractivity (Wildman–Crippen MR) is 72.7 cm³/mol. The van der Waals surface area contributed by atoms with Gasteiger partial charge in [-0.15, -0.1) is 10.2 Å². The van der Waals surface area contributed by atoms with Crippen LogP contribution in [-0.4, -0.2) is 56.6 Å². The summed E-state index contributed by atoms with van der Waals surface area (Å²) in [7, 11) is 1.54. The number of aromatic amines is 1. The lowest BCUT2D eigenvalue weighted by atomic mass is 10.1. The molecule has 0 saturated carbocycles. The van der Waals surface area contributed by atoms with Crippen LogP contribution in [0.4, 0.5) is 0 Å². The molecule has 1 aliphatic heterocycles. The molecule has 1 saturated heterocycles. The van der Waals surface area contributed by atoms with Crippen molar-refractivity contribution >= 4 is 5.91 Å². The van der Waals surface area contributed by atoms with E-state index in [1.54, 1.807) is 18.3 Å². The number of likely N-dealkylation sites (tertiary alicyclic amines) is 1. The van der Waals surface area contributed by atoms with Crippen LogP contribution in [0.2, 0.25) is 0 Å². The summed E-state index contributed by atoms with van der Waals surface area (Å²) in [5.74, 6) is 1.52. The number of tetrazole rings is 1. The fourth-order valence-corrected chi connectivity index (χ4v) is 2.55. The Bertz CT molecular complexity index is 615. The number of hydrogen-bond donors (Lipinski definition) is 1. The van der Waals surface area contributed by atoms with E-state index in [9.17, 15) is 4.79 Å². The van der Waals surface area contributed by atoms with Gasteiger partial charge in [-0.1, -0.05) is 5.21 Å². The van der Waals surface area contributed by atoms with Gasteiger partial charge in [0.15, 0.2) is 5.82 Å². The molecule has 1 fully saturated rings. The Morgan fingerprint density at radius 1 is 1.57 bits per heavy atom. The van der Waals surface area contributed by atoms with Crippen LogP contribution < -0.4 is 4.74 Å². The highest BCUT2D eigenvalue weighted by molar-refractivity contribution is 5.94. The number of methoxy groups -OCH3 is 1. The summed E-state index contributed by atoms with van der Waals surface area (Å²) in [6, 6.07) is 3.37. The minimum atomic E-state index is 0.00584. The zero-order valence-electron chi connectivity index (χ0n) is 11.7. The molecule has 0 radical (unpaired) electrons. The van der Waals surface area contributed by atoms with E-state index in [0.717, 1.165) is 19.4 Å². The van der Waals surface area contributed by atoms with Gasteiger partial charge in [-0.05, 0) is 18.4 Å². The zero-order valence-corrected chi connectivity index (χ0v) is 11.7. The van der Waals surface area contributed by atoms with E-state index in [2.05, 4.69) is 25.6 Å². The Morgan fingerprint density at radius 2 is 2.48 bits per heavy atom. The Morgan fingerprint density at radius 3 is 3.24 bits per heavy atom. The number of pyridine rings is 1. The van der Waals surface area contributed by atoms with Crippen molar-refractivity contribution in [2.24, 2.45) is 5.92 Å². The molecule has 110 valence electrons. The monoisotopic (exact) mass is 288 g/mol. The Hall–Kier alpha value is -2.51. The van der Waals surface area contributed by atoms with Crippen molar-refractivity contribution in [2.45, 2.75) is 12.8 Å². The third-order valence-electron chi connectivity index (χ3n) is 3.62. The third-order valence-corrected chi connectivity index (χ3v) is 3.62. The summed E-state index contributed by atoms with van der Waals surface area (Å²) in [6.45, 7) is 1.45. The van der Waals surface area contributed by atoms with Gasteiger partial charge in [0.05, 0.1) is 7.11 Å².